The highest BCUT2D eigenvalue weighted by atomic mass is 32.2. The van der Waals surface area contributed by atoms with Crippen LogP contribution in [0.1, 0.15) is 49.4 Å². The Morgan fingerprint density at radius 2 is 2.04 bits per heavy atom. The Morgan fingerprint density at radius 1 is 1.35 bits per heavy atom. The molecule has 5 nitrogen and oxygen atoms in total. The fraction of sp³-hybridized carbons (Fsp3) is 0.647. The minimum absolute atomic E-state index is 0.0951. The first-order chi connectivity index (χ1) is 11.0. The van der Waals surface area contributed by atoms with Gasteiger partial charge in [0.2, 0.25) is 5.91 Å². The van der Waals surface area contributed by atoms with Crippen molar-refractivity contribution in [2.45, 2.75) is 57.5 Å². The molecule has 1 aliphatic carbocycles. The van der Waals surface area contributed by atoms with Gasteiger partial charge >= 0.3 is 0 Å². The molecule has 0 aromatic carbocycles. The van der Waals surface area contributed by atoms with Crippen molar-refractivity contribution in [3.63, 3.8) is 0 Å². The van der Waals surface area contributed by atoms with Crippen LogP contribution in [0.2, 0.25) is 0 Å². The van der Waals surface area contributed by atoms with Crippen molar-refractivity contribution >= 4 is 17.7 Å². The highest BCUT2D eigenvalue weighted by molar-refractivity contribution is 7.99. The largest absolute Gasteiger partial charge is 0.342 e. The van der Waals surface area contributed by atoms with E-state index in [1.165, 1.54) is 31.0 Å². The molecular weight excluding hydrogens is 308 g/mol. The first-order valence-electron chi connectivity index (χ1n) is 8.08. The van der Waals surface area contributed by atoms with Crippen LogP contribution in [-0.2, 0) is 4.79 Å². The van der Waals surface area contributed by atoms with E-state index in [0.29, 0.717) is 28.3 Å². The molecule has 1 aromatic rings. The molecule has 1 heterocycles. The molecule has 0 spiro atoms. The van der Waals surface area contributed by atoms with Gasteiger partial charge in [-0.2, -0.15) is 10.4 Å². The normalized spacial score (nSPS) is 20.8. The SMILES string of the molecule is Cc1nnc(SCC(=O)N(C)C2CCCCC2C)c(C#N)c1C. The second-order valence-corrected chi connectivity index (χ2v) is 7.29. The lowest BCUT2D eigenvalue weighted by molar-refractivity contribution is -0.130. The number of thioether (sulfide) groups is 1. The third-order valence-electron chi connectivity index (χ3n) is 4.82. The topological polar surface area (TPSA) is 69.9 Å². The van der Waals surface area contributed by atoms with Gasteiger partial charge in [-0.25, -0.2) is 0 Å². The lowest BCUT2D eigenvalue weighted by Gasteiger charge is -2.36. The first-order valence-corrected chi connectivity index (χ1v) is 9.06. The molecule has 0 N–H and O–H groups in total. The average molecular weight is 332 g/mol. The van der Waals surface area contributed by atoms with Gasteiger partial charge in [0.1, 0.15) is 11.1 Å². The summed E-state index contributed by atoms with van der Waals surface area (Å²) in [5.74, 6) is 0.947. The second kappa shape index (κ2) is 7.78. The average Bonchev–Trinajstić information content (AvgIpc) is 2.55. The van der Waals surface area contributed by atoms with Crippen LogP contribution in [0.25, 0.3) is 0 Å². The number of amides is 1. The van der Waals surface area contributed by atoms with Crippen LogP contribution in [0, 0.1) is 31.1 Å². The minimum atomic E-state index is 0.0951. The number of aromatic nitrogens is 2. The molecule has 1 fully saturated rings. The smallest absolute Gasteiger partial charge is 0.232 e. The number of carbonyl (C=O) groups excluding carboxylic acids is 1. The van der Waals surface area contributed by atoms with Crippen LogP contribution < -0.4 is 0 Å². The summed E-state index contributed by atoms with van der Waals surface area (Å²) in [6.45, 7) is 5.93. The van der Waals surface area contributed by atoms with E-state index in [1.807, 2.05) is 25.8 Å². The molecule has 0 bridgehead atoms. The summed E-state index contributed by atoms with van der Waals surface area (Å²) >= 11 is 1.31. The summed E-state index contributed by atoms with van der Waals surface area (Å²) in [5, 5.41) is 18.0. The van der Waals surface area contributed by atoms with Gasteiger partial charge in [-0.3, -0.25) is 4.79 Å². The van der Waals surface area contributed by atoms with E-state index < -0.39 is 0 Å². The van der Waals surface area contributed by atoms with E-state index in [0.717, 1.165) is 17.7 Å². The first kappa shape index (κ1) is 17.7. The zero-order valence-corrected chi connectivity index (χ0v) is 15.1. The molecule has 0 aliphatic heterocycles. The molecule has 1 aromatic heterocycles. The quantitative estimate of drug-likeness (QED) is 0.792. The van der Waals surface area contributed by atoms with Gasteiger partial charge in [-0.1, -0.05) is 31.5 Å². The summed E-state index contributed by atoms with van der Waals surface area (Å²) in [6.07, 6.45) is 4.73. The van der Waals surface area contributed by atoms with E-state index in [-0.39, 0.29) is 5.91 Å². The van der Waals surface area contributed by atoms with E-state index in [1.54, 1.807) is 0 Å². The fourth-order valence-electron chi connectivity index (χ4n) is 3.11. The molecule has 2 rings (SSSR count). The van der Waals surface area contributed by atoms with Crippen molar-refractivity contribution in [1.29, 1.82) is 5.26 Å². The number of nitriles is 1. The summed E-state index contributed by atoms with van der Waals surface area (Å²) in [6, 6.07) is 2.51. The molecular formula is C17H24N4OS. The summed E-state index contributed by atoms with van der Waals surface area (Å²) in [5.41, 5.74) is 2.13. The van der Waals surface area contributed by atoms with E-state index >= 15 is 0 Å². The Morgan fingerprint density at radius 3 is 2.70 bits per heavy atom. The Kier molecular flexibility index (Phi) is 6.00. The van der Waals surface area contributed by atoms with Gasteiger partial charge in [0.15, 0.2) is 0 Å². The number of carbonyl (C=O) groups is 1. The zero-order valence-electron chi connectivity index (χ0n) is 14.3. The number of hydrogen-bond donors (Lipinski definition) is 0. The van der Waals surface area contributed by atoms with E-state index in [9.17, 15) is 10.1 Å². The number of hydrogen-bond acceptors (Lipinski definition) is 5. The predicted octanol–water partition coefficient (Wildman–Crippen LogP) is 3.09. The third kappa shape index (κ3) is 4.03. The fourth-order valence-corrected chi connectivity index (χ4v) is 4.01. The third-order valence-corrected chi connectivity index (χ3v) is 5.77. The molecule has 6 heteroatoms. The van der Waals surface area contributed by atoms with Crippen LogP contribution in [0.15, 0.2) is 5.03 Å². The summed E-state index contributed by atoms with van der Waals surface area (Å²) in [7, 11) is 1.90. The molecule has 0 radical (unpaired) electrons. The van der Waals surface area contributed by atoms with Crippen LogP contribution in [0.5, 0.6) is 0 Å². The Bertz CT molecular complexity index is 626. The number of aryl methyl sites for hydroxylation is 1. The lowest BCUT2D eigenvalue weighted by Crippen LogP contribution is -2.43. The Labute approximate surface area is 142 Å². The van der Waals surface area contributed by atoms with Gasteiger partial charge in [0.25, 0.3) is 0 Å². The summed E-state index contributed by atoms with van der Waals surface area (Å²) < 4.78 is 0. The van der Waals surface area contributed by atoms with Gasteiger partial charge in [0, 0.05) is 13.1 Å². The number of rotatable bonds is 4. The second-order valence-electron chi connectivity index (χ2n) is 6.32. The molecule has 124 valence electrons. The Hall–Kier alpha value is -1.61. The molecule has 1 amide bonds. The standard InChI is InChI=1S/C17H24N4OS/c1-11-7-5-6-8-15(11)21(4)16(22)10-23-17-14(9-18)12(2)13(3)19-20-17/h11,15H,5-8,10H2,1-4H3. The van der Waals surface area contributed by atoms with E-state index in [4.69, 9.17) is 0 Å². The van der Waals surface area contributed by atoms with Crippen LogP contribution >= 0.6 is 11.8 Å². The van der Waals surface area contributed by atoms with Gasteiger partial charge in [0.05, 0.1) is 17.0 Å². The van der Waals surface area contributed by atoms with Crippen molar-refractivity contribution in [2.24, 2.45) is 5.92 Å². The van der Waals surface area contributed by atoms with Crippen LogP contribution in [0.4, 0.5) is 0 Å². The highest BCUT2D eigenvalue weighted by Crippen LogP contribution is 2.28. The number of nitrogens with zero attached hydrogens (tertiary/aromatic N) is 4. The maximum absolute atomic E-state index is 12.5. The monoisotopic (exact) mass is 332 g/mol. The molecule has 2 unspecified atom stereocenters. The van der Waals surface area contributed by atoms with Crippen molar-refractivity contribution in [3.05, 3.63) is 16.8 Å². The summed E-state index contributed by atoms with van der Waals surface area (Å²) in [4.78, 5) is 14.4. The van der Waals surface area contributed by atoms with Crippen molar-refractivity contribution < 1.29 is 4.79 Å². The predicted molar refractivity (Wildman–Crippen MR) is 91.1 cm³/mol. The Balaban J connectivity index is 2.02. The molecule has 0 saturated heterocycles. The van der Waals surface area contributed by atoms with Crippen LogP contribution in [-0.4, -0.2) is 39.8 Å². The lowest BCUT2D eigenvalue weighted by atomic mass is 9.85. The van der Waals surface area contributed by atoms with Crippen molar-refractivity contribution in [3.8, 4) is 6.07 Å². The maximum Gasteiger partial charge on any atom is 0.232 e. The van der Waals surface area contributed by atoms with E-state index in [2.05, 4.69) is 23.2 Å². The van der Waals surface area contributed by atoms with Gasteiger partial charge in [-0.05, 0) is 38.2 Å². The van der Waals surface area contributed by atoms with Crippen LogP contribution in [0.3, 0.4) is 0 Å². The van der Waals surface area contributed by atoms with Gasteiger partial charge < -0.3 is 4.90 Å². The van der Waals surface area contributed by atoms with Crippen molar-refractivity contribution in [2.75, 3.05) is 12.8 Å². The highest BCUT2D eigenvalue weighted by Gasteiger charge is 2.28. The van der Waals surface area contributed by atoms with Crippen molar-refractivity contribution in [1.82, 2.24) is 15.1 Å². The van der Waals surface area contributed by atoms with Gasteiger partial charge in [-0.15, -0.1) is 5.10 Å². The molecule has 1 aliphatic rings. The zero-order chi connectivity index (χ0) is 17.0. The molecule has 2 atom stereocenters. The molecule has 23 heavy (non-hydrogen) atoms. The molecule has 1 saturated carbocycles. The maximum atomic E-state index is 12.5. The minimum Gasteiger partial charge on any atom is -0.342 e.